The van der Waals surface area contributed by atoms with Gasteiger partial charge in [0.15, 0.2) is 5.17 Å². The van der Waals surface area contributed by atoms with Crippen molar-refractivity contribution in [3.05, 3.63) is 29.9 Å². The van der Waals surface area contributed by atoms with Gasteiger partial charge in [-0.1, -0.05) is 18.7 Å². The molecule has 0 spiro atoms. The van der Waals surface area contributed by atoms with Crippen LogP contribution in [-0.2, 0) is 4.79 Å². The Kier molecular flexibility index (Phi) is 2.91. The maximum atomic E-state index is 11.4. The Morgan fingerprint density at radius 2 is 2.53 bits per heavy atom. The normalized spacial score (nSPS) is 18.1. The number of rotatable bonds is 2. The number of furan rings is 1. The van der Waals surface area contributed by atoms with Gasteiger partial charge in [0.05, 0.1) is 6.26 Å². The highest BCUT2D eigenvalue weighted by Crippen LogP contribution is 2.16. The van der Waals surface area contributed by atoms with E-state index in [0.29, 0.717) is 16.6 Å². The van der Waals surface area contributed by atoms with Crippen LogP contribution < -0.4 is 5.32 Å². The van der Waals surface area contributed by atoms with E-state index in [1.807, 2.05) is 6.92 Å². The van der Waals surface area contributed by atoms with Crippen molar-refractivity contribution in [2.45, 2.75) is 6.92 Å². The van der Waals surface area contributed by atoms with E-state index in [2.05, 4.69) is 10.3 Å². The molecule has 1 aromatic heterocycles. The van der Waals surface area contributed by atoms with Gasteiger partial charge in [0.25, 0.3) is 5.91 Å². The maximum absolute atomic E-state index is 11.4. The fourth-order valence-electron chi connectivity index (χ4n) is 1.16. The molecule has 0 bridgehead atoms. The molecule has 0 aliphatic carbocycles. The summed E-state index contributed by atoms with van der Waals surface area (Å²) in [6.07, 6.45) is 3.18. The fourth-order valence-corrected chi connectivity index (χ4v) is 1.76. The Bertz CT molecular complexity index is 421. The second-order valence-electron chi connectivity index (χ2n) is 2.85. The predicted molar refractivity (Wildman–Crippen MR) is 60.4 cm³/mol. The third-order valence-electron chi connectivity index (χ3n) is 1.78. The zero-order valence-corrected chi connectivity index (χ0v) is 9.00. The molecule has 1 aliphatic rings. The molecule has 1 aromatic rings. The van der Waals surface area contributed by atoms with Gasteiger partial charge in [-0.15, -0.1) is 0 Å². The minimum Gasteiger partial charge on any atom is -0.465 e. The van der Waals surface area contributed by atoms with Crippen LogP contribution in [0.25, 0.3) is 6.08 Å². The highest BCUT2D eigenvalue weighted by molar-refractivity contribution is 8.13. The van der Waals surface area contributed by atoms with Gasteiger partial charge in [-0.2, -0.15) is 0 Å². The fraction of sp³-hybridized carbons (Fsp3) is 0.200. The number of thioether (sulfide) groups is 1. The first kappa shape index (κ1) is 10.0. The number of nitrogens with zero attached hydrogens (tertiary/aromatic N) is 1. The summed E-state index contributed by atoms with van der Waals surface area (Å²) >= 11 is 1.51. The smallest absolute Gasteiger partial charge is 0.276 e. The van der Waals surface area contributed by atoms with Gasteiger partial charge in [-0.25, -0.2) is 4.99 Å². The van der Waals surface area contributed by atoms with Crippen molar-refractivity contribution in [3.8, 4) is 0 Å². The van der Waals surface area contributed by atoms with Crippen LogP contribution in [0.15, 0.2) is 33.5 Å². The van der Waals surface area contributed by atoms with Crippen LogP contribution in [0.2, 0.25) is 0 Å². The van der Waals surface area contributed by atoms with Crippen LogP contribution in [0, 0.1) is 0 Å². The van der Waals surface area contributed by atoms with Gasteiger partial charge >= 0.3 is 0 Å². The number of amidine groups is 1. The lowest BCUT2D eigenvalue weighted by Crippen LogP contribution is -2.21. The Balaban J connectivity index is 2.19. The number of aliphatic imine (C=N–C) groups is 1. The molecule has 0 aromatic carbocycles. The zero-order chi connectivity index (χ0) is 10.7. The van der Waals surface area contributed by atoms with E-state index >= 15 is 0 Å². The summed E-state index contributed by atoms with van der Waals surface area (Å²) in [6.45, 7) is 2.01. The third kappa shape index (κ3) is 2.30. The molecule has 1 aliphatic heterocycles. The molecule has 4 nitrogen and oxygen atoms in total. The topological polar surface area (TPSA) is 54.6 Å². The second-order valence-corrected chi connectivity index (χ2v) is 4.10. The van der Waals surface area contributed by atoms with Crippen LogP contribution in [0.4, 0.5) is 0 Å². The van der Waals surface area contributed by atoms with E-state index in [1.54, 1.807) is 24.5 Å². The third-order valence-corrected chi connectivity index (χ3v) is 2.53. The summed E-state index contributed by atoms with van der Waals surface area (Å²) in [5.41, 5.74) is 0.390. The number of carbonyl (C=O) groups is 1. The van der Waals surface area contributed by atoms with E-state index in [0.717, 1.165) is 5.75 Å². The number of hydrogen-bond donors (Lipinski definition) is 1. The number of nitrogens with one attached hydrogen (secondary N) is 1. The molecule has 0 radical (unpaired) electrons. The van der Waals surface area contributed by atoms with Gasteiger partial charge in [-0.05, 0) is 17.9 Å². The van der Waals surface area contributed by atoms with E-state index in [9.17, 15) is 4.79 Å². The quantitative estimate of drug-likeness (QED) is 0.777. The summed E-state index contributed by atoms with van der Waals surface area (Å²) in [5.74, 6) is 1.33. The highest BCUT2D eigenvalue weighted by Gasteiger charge is 2.19. The van der Waals surface area contributed by atoms with E-state index in [4.69, 9.17) is 4.42 Å². The lowest BCUT2D eigenvalue weighted by atomic mass is 10.3. The maximum Gasteiger partial charge on any atom is 0.276 e. The Labute approximate surface area is 91.4 Å². The number of hydrogen-bond acceptors (Lipinski definition) is 4. The second kappa shape index (κ2) is 4.35. The molecule has 0 saturated heterocycles. The highest BCUT2D eigenvalue weighted by atomic mass is 32.2. The largest absolute Gasteiger partial charge is 0.465 e. The van der Waals surface area contributed by atoms with Crippen LogP contribution in [-0.4, -0.2) is 16.8 Å². The molecule has 0 saturated carbocycles. The SMILES string of the molecule is CCSC1=N/C(=C\c2ccco2)C(=O)N1. The first-order valence-electron chi connectivity index (χ1n) is 4.57. The van der Waals surface area contributed by atoms with Crippen molar-refractivity contribution in [3.63, 3.8) is 0 Å². The lowest BCUT2D eigenvalue weighted by molar-refractivity contribution is -0.115. The summed E-state index contributed by atoms with van der Waals surface area (Å²) in [4.78, 5) is 15.6. The minimum atomic E-state index is -0.178. The molecule has 2 rings (SSSR count). The van der Waals surface area contributed by atoms with Crippen molar-refractivity contribution in [2.24, 2.45) is 4.99 Å². The molecule has 0 atom stereocenters. The summed E-state index contributed by atoms with van der Waals surface area (Å²) in [7, 11) is 0. The number of carbonyl (C=O) groups excluding carboxylic acids is 1. The van der Waals surface area contributed by atoms with Gasteiger partial charge in [-0.3, -0.25) is 10.1 Å². The van der Waals surface area contributed by atoms with Crippen molar-refractivity contribution in [1.29, 1.82) is 0 Å². The van der Waals surface area contributed by atoms with Crippen LogP contribution in [0.3, 0.4) is 0 Å². The Hall–Kier alpha value is -1.49. The van der Waals surface area contributed by atoms with Crippen molar-refractivity contribution >= 4 is 28.9 Å². The molecule has 78 valence electrons. The molecular weight excluding hydrogens is 212 g/mol. The Morgan fingerprint density at radius 3 is 3.20 bits per heavy atom. The number of amides is 1. The monoisotopic (exact) mass is 222 g/mol. The molecule has 15 heavy (non-hydrogen) atoms. The van der Waals surface area contributed by atoms with E-state index in [-0.39, 0.29) is 5.91 Å². The van der Waals surface area contributed by atoms with Crippen molar-refractivity contribution in [2.75, 3.05) is 5.75 Å². The minimum absolute atomic E-state index is 0.178. The van der Waals surface area contributed by atoms with Crippen molar-refractivity contribution < 1.29 is 9.21 Å². The van der Waals surface area contributed by atoms with Gasteiger partial charge in [0, 0.05) is 6.08 Å². The predicted octanol–water partition coefficient (Wildman–Crippen LogP) is 1.86. The van der Waals surface area contributed by atoms with Crippen molar-refractivity contribution in [1.82, 2.24) is 5.32 Å². The van der Waals surface area contributed by atoms with Crippen LogP contribution >= 0.6 is 11.8 Å². The lowest BCUT2D eigenvalue weighted by Gasteiger charge is -1.93. The first-order chi connectivity index (χ1) is 7.29. The Morgan fingerprint density at radius 1 is 1.67 bits per heavy atom. The average Bonchev–Trinajstić information content (AvgIpc) is 2.79. The van der Waals surface area contributed by atoms with Gasteiger partial charge in [0.2, 0.25) is 0 Å². The zero-order valence-electron chi connectivity index (χ0n) is 8.19. The average molecular weight is 222 g/mol. The first-order valence-corrected chi connectivity index (χ1v) is 5.56. The summed E-state index contributed by atoms with van der Waals surface area (Å²) in [5, 5.41) is 3.33. The van der Waals surface area contributed by atoms with E-state index in [1.165, 1.54) is 11.8 Å². The summed E-state index contributed by atoms with van der Waals surface area (Å²) in [6, 6.07) is 3.55. The molecule has 1 amide bonds. The van der Waals surface area contributed by atoms with E-state index < -0.39 is 0 Å². The van der Waals surface area contributed by atoms with Gasteiger partial charge < -0.3 is 4.42 Å². The standard InChI is InChI=1S/C10H10N2O2S/c1-2-15-10-11-8(9(13)12-10)6-7-4-3-5-14-7/h3-6H,2H2,1H3,(H,11,12,13)/b8-6-. The molecule has 0 unspecified atom stereocenters. The molecule has 5 heteroatoms. The molecule has 2 heterocycles. The van der Waals surface area contributed by atoms with Crippen LogP contribution in [0.5, 0.6) is 0 Å². The molecular formula is C10H10N2O2S. The molecule has 1 N–H and O–H groups in total. The summed E-state index contributed by atoms with van der Waals surface area (Å²) < 4.78 is 5.11. The molecule has 0 fully saturated rings. The van der Waals surface area contributed by atoms with Gasteiger partial charge in [0.1, 0.15) is 11.5 Å². The van der Waals surface area contributed by atoms with Crippen LogP contribution in [0.1, 0.15) is 12.7 Å².